The van der Waals surface area contributed by atoms with Crippen molar-refractivity contribution in [2.45, 2.75) is 39.7 Å². The summed E-state index contributed by atoms with van der Waals surface area (Å²) in [6, 6.07) is 8.96. The van der Waals surface area contributed by atoms with E-state index in [9.17, 15) is 14.4 Å². The quantitative estimate of drug-likeness (QED) is 0.278. The molecule has 1 aliphatic rings. The number of rotatable bonds is 9. The Labute approximate surface area is 210 Å². The van der Waals surface area contributed by atoms with Gasteiger partial charge >= 0.3 is 11.8 Å². The Kier molecular flexibility index (Phi) is 9.40. The van der Waals surface area contributed by atoms with Crippen molar-refractivity contribution >= 4 is 29.6 Å². The normalized spacial score (nSPS) is 14.9. The number of nitrogens with zero attached hydrogens (tertiary/aromatic N) is 1. The molecule has 0 aliphatic carbocycles. The van der Waals surface area contributed by atoms with E-state index in [0.29, 0.717) is 23.7 Å². The molecular weight excluding hydrogens is 464 g/mol. The van der Waals surface area contributed by atoms with E-state index in [4.69, 9.17) is 14.2 Å². The van der Waals surface area contributed by atoms with Crippen LogP contribution >= 0.6 is 0 Å². The number of anilines is 1. The lowest BCUT2D eigenvalue weighted by atomic mass is 10.1. The van der Waals surface area contributed by atoms with E-state index >= 15 is 0 Å². The lowest BCUT2D eigenvalue weighted by Crippen LogP contribution is -2.41. The number of nitrogens with one attached hydrogen (secondary N) is 3. The number of amides is 3. The molecule has 1 atom stereocenters. The molecule has 2 aromatic rings. The maximum absolute atomic E-state index is 12.4. The number of hydrazone groups is 1. The van der Waals surface area contributed by atoms with Crippen LogP contribution in [0.5, 0.6) is 11.5 Å². The average molecular weight is 497 g/mol. The van der Waals surface area contributed by atoms with Crippen LogP contribution in [0.3, 0.4) is 0 Å². The number of benzene rings is 2. The Bertz CT molecular complexity index is 1120. The first-order chi connectivity index (χ1) is 17.3. The number of methoxy groups -OCH3 is 1. The van der Waals surface area contributed by atoms with E-state index in [1.165, 1.54) is 13.3 Å². The molecule has 3 N–H and O–H groups in total. The fraction of sp³-hybridized carbons (Fsp3) is 0.385. The number of hydrogen-bond acceptors (Lipinski definition) is 7. The molecule has 0 radical (unpaired) electrons. The smallest absolute Gasteiger partial charge is 0.329 e. The van der Waals surface area contributed by atoms with Gasteiger partial charge in [-0.3, -0.25) is 14.4 Å². The highest BCUT2D eigenvalue weighted by molar-refractivity contribution is 6.35. The molecule has 1 aliphatic heterocycles. The highest BCUT2D eigenvalue weighted by atomic mass is 16.5. The van der Waals surface area contributed by atoms with Crippen molar-refractivity contribution in [3.63, 3.8) is 0 Å². The Morgan fingerprint density at radius 2 is 1.83 bits per heavy atom. The van der Waals surface area contributed by atoms with Gasteiger partial charge in [0, 0.05) is 18.8 Å². The van der Waals surface area contributed by atoms with Gasteiger partial charge < -0.3 is 24.8 Å². The second kappa shape index (κ2) is 12.7. The van der Waals surface area contributed by atoms with Crippen LogP contribution in [0.4, 0.5) is 5.69 Å². The molecule has 3 rings (SSSR count). The van der Waals surface area contributed by atoms with Crippen molar-refractivity contribution in [3.05, 3.63) is 52.6 Å². The van der Waals surface area contributed by atoms with Crippen molar-refractivity contribution < 1.29 is 28.6 Å². The van der Waals surface area contributed by atoms with E-state index in [1.54, 1.807) is 18.2 Å². The van der Waals surface area contributed by atoms with Crippen molar-refractivity contribution in [3.8, 4) is 11.5 Å². The molecule has 0 aromatic heterocycles. The van der Waals surface area contributed by atoms with Crippen LogP contribution in [-0.2, 0) is 19.1 Å². The molecule has 0 unspecified atom stereocenters. The third-order valence-corrected chi connectivity index (χ3v) is 5.59. The largest absolute Gasteiger partial charge is 0.493 e. The molecule has 0 saturated carbocycles. The first kappa shape index (κ1) is 26.7. The summed E-state index contributed by atoms with van der Waals surface area (Å²) in [5.41, 5.74) is 6.64. The Morgan fingerprint density at radius 1 is 1.08 bits per heavy atom. The Morgan fingerprint density at radius 3 is 2.50 bits per heavy atom. The van der Waals surface area contributed by atoms with Gasteiger partial charge in [0.25, 0.3) is 5.91 Å². The number of hydrogen-bond donors (Lipinski definition) is 3. The second-order valence-electron chi connectivity index (χ2n) is 8.57. The van der Waals surface area contributed by atoms with Gasteiger partial charge in [-0.2, -0.15) is 5.10 Å². The predicted molar refractivity (Wildman–Crippen MR) is 135 cm³/mol. The molecule has 36 heavy (non-hydrogen) atoms. The molecule has 10 heteroatoms. The summed E-state index contributed by atoms with van der Waals surface area (Å²) in [5, 5.41) is 9.23. The number of carbonyl (C=O) groups excluding carboxylic acids is 3. The van der Waals surface area contributed by atoms with Crippen LogP contribution in [0.1, 0.15) is 35.1 Å². The number of aryl methyl sites for hydroxylation is 3. The summed E-state index contributed by atoms with van der Waals surface area (Å²) < 4.78 is 16.4. The van der Waals surface area contributed by atoms with Crippen LogP contribution in [-0.4, -0.2) is 56.9 Å². The van der Waals surface area contributed by atoms with Gasteiger partial charge in [-0.25, -0.2) is 5.43 Å². The number of carbonyl (C=O) groups is 3. The van der Waals surface area contributed by atoms with Gasteiger partial charge in [0.2, 0.25) is 0 Å². The number of ether oxygens (including phenoxy) is 3. The zero-order chi connectivity index (χ0) is 26.1. The van der Waals surface area contributed by atoms with E-state index in [-0.39, 0.29) is 25.2 Å². The van der Waals surface area contributed by atoms with Crippen LogP contribution < -0.4 is 25.5 Å². The van der Waals surface area contributed by atoms with Crippen molar-refractivity contribution in [2.24, 2.45) is 5.10 Å². The molecule has 1 saturated heterocycles. The first-order valence-electron chi connectivity index (χ1n) is 11.7. The summed E-state index contributed by atoms with van der Waals surface area (Å²) in [5.74, 6) is -1.19. The van der Waals surface area contributed by atoms with Crippen molar-refractivity contribution in [1.82, 2.24) is 10.7 Å². The van der Waals surface area contributed by atoms with Crippen LogP contribution in [0.15, 0.2) is 35.4 Å². The third-order valence-electron chi connectivity index (χ3n) is 5.59. The van der Waals surface area contributed by atoms with Gasteiger partial charge in [0.15, 0.2) is 18.1 Å². The van der Waals surface area contributed by atoms with Crippen molar-refractivity contribution in [2.75, 3.05) is 32.2 Å². The predicted octanol–water partition coefficient (Wildman–Crippen LogP) is 2.38. The van der Waals surface area contributed by atoms with Gasteiger partial charge in [0.05, 0.1) is 19.4 Å². The van der Waals surface area contributed by atoms with Gasteiger partial charge in [-0.1, -0.05) is 17.7 Å². The van der Waals surface area contributed by atoms with E-state index in [0.717, 1.165) is 35.2 Å². The molecule has 192 valence electrons. The monoisotopic (exact) mass is 496 g/mol. The summed E-state index contributed by atoms with van der Waals surface area (Å²) in [7, 11) is 1.47. The fourth-order valence-corrected chi connectivity index (χ4v) is 3.89. The van der Waals surface area contributed by atoms with Gasteiger partial charge in [-0.15, -0.1) is 0 Å². The molecule has 1 heterocycles. The molecule has 3 amide bonds. The Balaban J connectivity index is 1.50. The summed E-state index contributed by atoms with van der Waals surface area (Å²) in [6.07, 6.45) is 3.12. The van der Waals surface area contributed by atoms with Gasteiger partial charge in [-0.05, 0) is 68.5 Å². The van der Waals surface area contributed by atoms with E-state index in [2.05, 4.69) is 21.2 Å². The minimum atomic E-state index is -0.874. The van der Waals surface area contributed by atoms with Gasteiger partial charge in [0.1, 0.15) is 0 Å². The maximum Gasteiger partial charge on any atom is 0.329 e. The summed E-state index contributed by atoms with van der Waals surface area (Å²) in [4.78, 5) is 36.2. The van der Waals surface area contributed by atoms with E-state index in [1.807, 2.05) is 32.9 Å². The second-order valence-corrected chi connectivity index (χ2v) is 8.57. The molecule has 0 bridgehead atoms. The summed E-state index contributed by atoms with van der Waals surface area (Å²) in [6.45, 7) is 6.66. The molecular formula is C26H32N4O6. The zero-order valence-electron chi connectivity index (χ0n) is 21.0. The lowest BCUT2D eigenvalue weighted by molar-refractivity contribution is -0.139. The third kappa shape index (κ3) is 7.54. The zero-order valence-corrected chi connectivity index (χ0v) is 21.0. The topological polar surface area (TPSA) is 127 Å². The lowest BCUT2D eigenvalue weighted by Gasteiger charge is -2.14. The molecule has 1 fully saturated rings. The first-order valence-corrected chi connectivity index (χ1v) is 11.7. The highest BCUT2D eigenvalue weighted by Gasteiger charge is 2.19. The van der Waals surface area contributed by atoms with Crippen LogP contribution in [0, 0.1) is 20.8 Å². The molecule has 10 nitrogen and oxygen atoms in total. The Hall–Kier alpha value is -3.92. The van der Waals surface area contributed by atoms with E-state index < -0.39 is 11.8 Å². The van der Waals surface area contributed by atoms with Crippen LogP contribution in [0.2, 0.25) is 0 Å². The average Bonchev–Trinajstić information content (AvgIpc) is 3.37. The highest BCUT2D eigenvalue weighted by Crippen LogP contribution is 2.28. The standard InChI is InChI=1S/C26H32N4O6/c1-16-10-17(2)24(18(3)11-16)29-23(31)15-36-21-8-7-19(12-22(21)34-4)13-28-30-26(33)25(32)27-14-20-6-5-9-35-20/h7-8,10-13,20H,5-6,9,14-15H2,1-4H3,(H,27,32)(H,29,31)(H,30,33)/b28-13-/t20-/m1/s1. The molecule has 0 spiro atoms. The van der Waals surface area contributed by atoms with Crippen LogP contribution in [0.25, 0.3) is 0 Å². The minimum Gasteiger partial charge on any atom is -0.493 e. The SMILES string of the molecule is COc1cc(/C=N\NC(=O)C(=O)NC[C@H]2CCCO2)ccc1OCC(=O)Nc1c(C)cc(C)cc1C. The summed E-state index contributed by atoms with van der Waals surface area (Å²) >= 11 is 0. The van der Waals surface area contributed by atoms with Crippen molar-refractivity contribution in [1.29, 1.82) is 0 Å². The fourth-order valence-electron chi connectivity index (χ4n) is 3.89. The minimum absolute atomic E-state index is 0.0552. The molecule has 2 aromatic carbocycles. The maximum atomic E-state index is 12.4.